The number of hydrogen-bond acceptors (Lipinski definition) is 4. The Kier molecular flexibility index (Phi) is 2.92. The number of aryl methyl sites for hydroxylation is 1. The monoisotopic (exact) mass is 329 g/mol. The molecule has 0 fully saturated rings. The van der Waals surface area contributed by atoms with Crippen molar-refractivity contribution >= 4 is 23.2 Å². The number of rotatable bonds is 1. The van der Waals surface area contributed by atoms with Crippen LogP contribution in [0.1, 0.15) is 28.3 Å². The quantitative estimate of drug-likeness (QED) is 0.428. The largest absolute Gasteiger partial charge is 0.327 e. The third-order valence-electron chi connectivity index (χ3n) is 4.00. The fourth-order valence-electron chi connectivity index (χ4n) is 3.01. The van der Waals surface area contributed by atoms with E-state index in [0.29, 0.717) is 22.2 Å². The van der Waals surface area contributed by atoms with Gasteiger partial charge in [0.2, 0.25) is 0 Å². The highest BCUT2D eigenvalue weighted by atomic mass is 35.5. The molecule has 3 aromatic rings. The molecular weight excluding hydrogens is 318 g/mol. The van der Waals surface area contributed by atoms with E-state index in [1.165, 1.54) is 0 Å². The van der Waals surface area contributed by atoms with Gasteiger partial charge in [-0.05, 0) is 24.6 Å². The van der Waals surface area contributed by atoms with Gasteiger partial charge in [0, 0.05) is 22.2 Å². The summed E-state index contributed by atoms with van der Waals surface area (Å²) in [6.07, 6.45) is 0. The van der Waals surface area contributed by atoms with E-state index in [4.69, 9.17) is 11.6 Å². The van der Waals surface area contributed by atoms with Crippen LogP contribution in [0.15, 0.2) is 33.9 Å². The Morgan fingerprint density at radius 2 is 1.83 bits per heavy atom. The van der Waals surface area contributed by atoms with E-state index in [-0.39, 0.29) is 5.92 Å². The molecule has 3 heterocycles. The second-order valence-corrected chi connectivity index (χ2v) is 5.85. The van der Waals surface area contributed by atoms with Crippen molar-refractivity contribution in [1.82, 2.24) is 20.2 Å². The van der Waals surface area contributed by atoms with E-state index in [9.17, 15) is 9.59 Å². The van der Waals surface area contributed by atoms with Gasteiger partial charge in [-0.3, -0.25) is 19.9 Å². The van der Waals surface area contributed by atoms with Gasteiger partial charge in [0.05, 0.1) is 5.56 Å². The van der Waals surface area contributed by atoms with Gasteiger partial charge in [0.1, 0.15) is 5.82 Å². The molecular formula is C15H12ClN5O2. The van der Waals surface area contributed by atoms with Gasteiger partial charge in [-0.2, -0.15) is 5.10 Å². The maximum Gasteiger partial charge on any atom is 0.327 e. The van der Waals surface area contributed by atoms with Gasteiger partial charge in [-0.1, -0.05) is 23.7 Å². The molecule has 0 spiro atoms. The highest BCUT2D eigenvalue weighted by Crippen LogP contribution is 2.42. The number of anilines is 2. The molecule has 1 aliphatic rings. The SMILES string of the molecule is Cc1[nH]nc2c1[C@H](c1ccc(Cl)cc1)c1c([nH]c(=O)[nH]c1=O)N2. The van der Waals surface area contributed by atoms with Crippen LogP contribution in [0.5, 0.6) is 0 Å². The first-order chi connectivity index (χ1) is 11.0. The van der Waals surface area contributed by atoms with Gasteiger partial charge >= 0.3 is 5.69 Å². The predicted molar refractivity (Wildman–Crippen MR) is 86.7 cm³/mol. The van der Waals surface area contributed by atoms with E-state index in [2.05, 4.69) is 25.5 Å². The van der Waals surface area contributed by atoms with Crippen molar-refractivity contribution in [2.24, 2.45) is 0 Å². The minimum atomic E-state index is -0.563. The third-order valence-corrected chi connectivity index (χ3v) is 4.25. The Morgan fingerprint density at radius 1 is 1.09 bits per heavy atom. The van der Waals surface area contributed by atoms with E-state index in [0.717, 1.165) is 16.8 Å². The van der Waals surface area contributed by atoms with Gasteiger partial charge < -0.3 is 5.32 Å². The first-order valence-electron chi connectivity index (χ1n) is 6.98. The lowest BCUT2D eigenvalue weighted by Gasteiger charge is -2.25. The molecule has 1 atom stereocenters. The van der Waals surface area contributed by atoms with Crippen LogP contribution in [0.25, 0.3) is 0 Å². The van der Waals surface area contributed by atoms with Crippen LogP contribution in [0, 0.1) is 6.92 Å². The summed E-state index contributed by atoms with van der Waals surface area (Å²) in [5, 5.41) is 10.8. The number of H-pyrrole nitrogens is 3. The normalized spacial score (nSPS) is 15.7. The average Bonchev–Trinajstić information content (AvgIpc) is 2.87. The predicted octanol–water partition coefficient (Wildman–Crippen LogP) is 1.99. The van der Waals surface area contributed by atoms with Crippen LogP contribution in [0.4, 0.5) is 11.6 Å². The van der Waals surface area contributed by atoms with Gasteiger partial charge in [0.25, 0.3) is 5.56 Å². The van der Waals surface area contributed by atoms with E-state index >= 15 is 0 Å². The molecule has 116 valence electrons. The fraction of sp³-hybridized carbons (Fsp3) is 0.133. The minimum Gasteiger partial charge on any atom is -0.324 e. The first kappa shape index (κ1) is 13.8. The van der Waals surface area contributed by atoms with Gasteiger partial charge in [0.15, 0.2) is 5.82 Å². The molecule has 4 rings (SSSR count). The molecule has 0 unspecified atom stereocenters. The van der Waals surface area contributed by atoms with Crippen LogP contribution in [-0.4, -0.2) is 20.2 Å². The van der Waals surface area contributed by atoms with Gasteiger partial charge in [-0.25, -0.2) is 4.79 Å². The molecule has 0 amide bonds. The van der Waals surface area contributed by atoms with Crippen LogP contribution in [-0.2, 0) is 0 Å². The van der Waals surface area contributed by atoms with E-state index in [1.807, 2.05) is 19.1 Å². The molecule has 4 N–H and O–H groups in total. The van der Waals surface area contributed by atoms with E-state index < -0.39 is 11.2 Å². The highest BCUT2D eigenvalue weighted by molar-refractivity contribution is 6.30. The topological polar surface area (TPSA) is 106 Å². The molecule has 0 radical (unpaired) electrons. The van der Waals surface area contributed by atoms with Crippen molar-refractivity contribution in [3.63, 3.8) is 0 Å². The van der Waals surface area contributed by atoms with Crippen molar-refractivity contribution < 1.29 is 0 Å². The molecule has 1 aliphatic heterocycles. The lowest BCUT2D eigenvalue weighted by Crippen LogP contribution is -2.31. The summed E-state index contributed by atoms with van der Waals surface area (Å²) >= 11 is 5.97. The summed E-state index contributed by atoms with van der Waals surface area (Å²) in [5.74, 6) is 0.603. The molecule has 0 saturated heterocycles. The number of aromatic nitrogens is 4. The fourth-order valence-corrected chi connectivity index (χ4v) is 3.13. The first-order valence-corrected chi connectivity index (χ1v) is 7.36. The number of hydrogen-bond donors (Lipinski definition) is 4. The Labute approximate surface area is 134 Å². The summed E-state index contributed by atoms with van der Waals surface area (Å²) in [7, 11) is 0. The number of benzene rings is 1. The van der Waals surface area contributed by atoms with Crippen LogP contribution >= 0.6 is 11.6 Å². The smallest absolute Gasteiger partial charge is 0.324 e. The zero-order valence-corrected chi connectivity index (χ0v) is 12.8. The van der Waals surface area contributed by atoms with Crippen molar-refractivity contribution in [1.29, 1.82) is 0 Å². The number of nitrogens with one attached hydrogen (secondary N) is 4. The van der Waals surface area contributed by atoms with Crippen LogP contribution in [0.2, 0.25) is 5.02 Å². The van der Waals surface area contributed by atoms with E-state index in [1.54, 1.807) is 12.1 Å². The molecule has 7 nitrogen and oxygen atoms in total. The number of nitrogens with zero attached hydrogens (tertiary/aromatic N) is 1. The van der Waals surface area contributed by atoms with Crippen molar-refractivity contribution in [2.45, 2.75) is 12.8 Å². The summed E-state index contributed by atoms with van der Waals surface area (Å²) in [6, 6.07) is 7.27. The second kappa shape index (κ2) is 4.85. The Morgan fingerprint density at radius 3 is 2.57 bits per heavy atom. The summed E-state index contributed by atoms with van der Waals surface area (Å²) in [4.78, 5) is 28.9. The molecule has 1 aromatic carbocycles. The zero-order valence-electron chi connectivity index (χ0n) is 12.0. The third kappa shape index (κ3) is 2.08. The molecule has 23 heavy (non-hydrogen) atoms. The Bertz CT molecular complexity index is 1020. The number of halogens is 1. The molecule has 8 heteroatoms. The summed E-state index contributed by atoms with van der Waals surface area (Å²) in [6.45, 7) is 1.89. The second-order valence-electron chi connectivity index (χ2n) is 5.42. The van der Waals surface area contributed by atoms with Crippen molar-refractivity contribution in [2.75, 3.05) is 5.32 Å². The maximum atomic E-state index is 12.4. The highest BCUT2D eigenvalue weighted by Gasteiger charge is 2.33. The number of aromatic amines is 3. The van der Waals surface area contributed by atoms with Gasteiger partial charge in [-0.15, -0.1) is 0 Å². The Hall–Kier alpha value is -2.80. The minimum absolute atomic E-state index is 0.349. The molecule has 2 aromatic heterocycles. The molecule has 0 saturated carbocycles. The van der Waals surface area contributed by atoms with Crippen LogP contribution < -0.4 is 16.6 Å². The standard InChI is InChI=1S/C15H12ClN5O2/c1-6-9-10(7-2-4-8(16)5-3-7)11-12(17-13(9)21-20-6)18-15(23)19-14(11)22/h2-5,10H,1H3,(H4,17,18,19,20,21,22,23)/t10-/m0/s1. The van der Waals surface area contributed by atoms with Crippen LogP contribution in [0.3, 0.4) is 0 Å². The summed E-state index contributed by atoms with van der Waals surface area (Å²) < 4.78 is 0. The average molecular weight is 330 g/mol. The lowest BCUT2D eigenvalue weighted by molar-refractivity contribution is 0.881. The molecule has 0 aliphatic carbocycles. The lowest BCUT2D eigenvalue weighted by atomic mass is 9.83. The van der Waals surface area contributed by atoms with Crippen molar-refractivity contribution in [3.05, 3.63) is 72.5 Å². The van der Waals surface area contributed by atoms with Crippen molar-refractivity contribution in [3.8, 4) is 0 Å². The Balaban J connectivity index is 2.04. The maximum absolute atomic E-state index is 12.4. The zero-order chi connectivity index (χ0) is 16.1. The molecule has 0 bridgehead atoms. The summed E-state index contributed by atoms with van der Waals surface area (Å²) in [5.41, 5.74) is 2.07. The number of fused-ring (bicyclic) bond motifs is 2.